The van der Waals surface area contributed by atoms with E-state index >= 15 is 0 Å². The molecule has 0 radical (unpaired) electrons. The van der Waals surface area contributed by atoms with E-state index in [1.165, 1.54) is 0 Å². The normalized spacial score (nSPS) is 26.6. The molecule has 0 saturated carbocycles. The molecular formula is C10H13NO3. The van der Waals surface area contributed by atoms with E-state index in [0.29, 0.717) is 13.1 Å². The number of furan rings is 1. The van der Waals surface area contributed by atoms with E-state index in [2.05, 4.69) is 5.32 Å². The summed E-state index contributed by atoms with van der Waals surface area (Å²) in [5.74, 6) is 0.465. The molecule has 2 rings (SSSR count). The summed E-state index contributed by atoms with van der Waals surface area (Å²) in [6.07, 6.45) is 0. The monoisotopic (exact) mass is 195 g/mol. The second kappa shape index (κ2) is 3.46. The summed E-state index contributed by atoms with van der Waals surface area (Å²) in [6, 6.07) is 3.73. The van der Waals surface area contributed by atoms with Crippen LogP contribution in [0.5, 0.6) is 0 Å². The Morgan fingerprint density at radius 2 is 2.36 bits per heavy atom. The van der Waals surface area contributed by atoms with Crippen molar-refractivity contribution in [1.82, 2.24) is 5.32 Å². The third-order valence-electron chi connectivity index (χ3n) is 2.66. The quantitative estimate of drug-likeness (QED) is 0.738. The van der Waals surface area contributed by atoms with Crippen molar-refractivity contribution in [3.8, 4) is 0 Å². The van der Waals surface area contributed by atoms with E-state index in [1.807, 2.05) is 19.1 Å². The Balaban J connectivity index is 2.21. The number of carboxylic acid groups (broad SMARTS) is 1. The average molecular weight is 195 g/mol. The smallest absolute Gasteiger partial charge is 0.308 e. The number of rotatable bonds is 2. The van der Waals surface area contributed by atoms with Crippen molar-refractivity contribution in [2.24, 2.45) is 5.92 Å². The number of hydrogen-bond donors (Lipinski definition) is 2. The number of aryl methyl sites for hydroxylation is 1. The number of carbonyl (C=O) groups is 1. The molecule has 1 aromatic rings. The van der Waals surface area contributed by atoms with Gasteiger partial charge in [0.1, 0.15) is 11.5 Å². The van der Waals surface area contributed by atoms with Crippen molar-refractivity contribution in [3.05, 3.63) is 23.7 Å². The predicted octanol–water partition coefficient (Wildman–Crippen LogP) is 0.976. The Labute approximate surface area is 81.9 Å². The standard InChI is InChI=1S/C10H13NO3/c1-6-2-3-9(14-6)7-4-11-5-8(7)10(12)13/h2-3,7-8,11H,4-5H2,1H3,(H,12,13). The number of nitrogens with one attached hydrogen (secondary N) is 1. The highest BCUT2D eigenvalue weighted by molar-refractivity contribution is 5.72. The zero-order chi connectivity index (χ0) is 10.1. The van der Waals surface area contributed by atoms with Crippen LogP contribution >= 0.6 is 0 Å². The molecule has 76 valence electrons. The zero-order valence-corrected chi connectivity index (χ0v) is 7.99. The number of carboxylic acids is 1. The molecule has 1 aliphatic rings. The maximum atomic E-state index is 10.9. The molecule has 1 aromatic heterocycles. The first-order chi connectivity index (χ1) is 6.68. The first-order valence-electron chi connectivity index (χ1n) is 4.68. The molecule has 4 heteroatoms. The molecule has 0 spiro atoms. The first kappa shape index (κ1) is 9.27. The van der Waals surface area contributed by atoms with Crippen molar-refractivity contribution < 1.29 is 14.3 Å². The van der Waals surface area contributed by atoms with Gasteiger partial charge in [0.15, 0.2) is 0 Å². The van der Waals surface area contributed by atoms with E-state index in [4.69, 9.17) is 9.52 Å². The third kappa shape index (κ3) is 1.53. The fraction of sp³-hybridized carbons (Fsp3) is 0.500. The van der Waals surface area contributed by atoms with Crippen LogP contribution in [0.4, 0.5) is 0 Å². The maximum absolute atomic E-state index is 10.9. The summed E-state index contributed by atoms with van der Waals surface area (Å²) in [5.41, 5.74) is 0. The van der Waals surface area contributed by atoms with E-state index in [1.54, 1.807) is 0 Å². The van der Waals surface area contributed by atoms with Gasteiger partial charge in [0.05, 0.1) is 5.92 Å². The molecule has 2 unspecified atom stereocenters. The lowest BCUT2D eigenvalue weighted by molar-refractivity contribution is -0.141. The SMILES string of the molecule is Cc1ccc(C2CNCC2C(=O)O)o1. The molecule has 2 heterocycles. The molecule has 1 aliphatic heterocycles. The molecular weight excluding hydrogens is 182 g/mol. The minimum atomic E-state index is -0.756. The van der Waals surface area contributed by atoms with Gasteiger partial charge in [-0.2, -0.15) is 0 Å². The van der Waals surface area contributed by atoms with Crippen LogP contribution in [0.15, 0.2) is 16.5 Å². The van der Waals surface area contributed by atoms with Gasteiger partial charge in [-0.05, 0) is 19.1 Å². The summed E-state index contributed by atoms with van der Waals surface area (Å²) in [6.45, 7) is 3.07. The lowest BCUT2D eigenvalue weighted by Crippen LogP contribution is -2.20. The van der Waals surface area contributed by atoms with Crippen LogP contribution in [0.25, 0.3) is 0 Å². The van der Waals surface area contributed by atoms with Crippen molar-refractivity contribution in [3.63, 3.8) is 0 Å². The van der Waals surface area contributed by atoms with Crippen LogP contribution in [-0.4, -0.2) is 24.2 Å². The molecule has 14 heavy (non-hydrogen) atoms. The molecule has 2 N–H and O–H groups in total. The highest BCUT2D eigenvalue weighted by Crippen LogP contribution is 2.29. The molecule has 0 amide bonds. The number of aliphatic carboxylic acids is 1. The lowest BCUT2D eigenvalue weighted by Gasteiger charge is -2.11. The van der Waals surface area contributed by atoms with E-state index < -0.39 is 5.97 Å². The average Bonchev–Trinajstić information content (AvgIpc) is 2.70. The second-order valence-electron chi connectivity index (χ2n) is 3.66. The minimum absolute atomic E-state index is 0.0267. The summed E-state index contributed by atoms with van der Waals surface area (Å²) in [5, 5.41) is 12.0. The summed E-state index contributed by atoms with van der Waals surface area (Å²) in [7, 11) is 0. The van der Waals surface area contributed by atoms with Crippen LogP contribution in [0, 0.1) is 12.8 Å². The van der Waals surface area contributed by atoms with E-state index in [-0.39, 0.29) is 11.8 Å². The molecule has 0 aromatic carbocycles. The second-order valence-corrected chi connectivity index (χ2v) is 3.66. The van der Waals surface area contributed by atoms with E-state index in [0.717, 1.165) is 11.5 Å². The Bertz CT molecular complexity index is 345. The maximum Gasteiger partial charge on any atom is 0.308 e. The number of hydrogen-bond acceptors (Lipinski definition) is 3. The third-order valence-corrected chi connectivity index (χ3v) is 2.66. The molecule has 1 fully saturated rings. The van der Waals surface area contributed by atoms with Crippen LogP contribution in [-0.2, 0) is 4.79 Å². The highest BCUT2D eigenvalue weighted by atomic mass is 16.4. The largest absolute Gasteiger partial charge is 0.481 e. The van der Waals surface area contributed by atoms with Crippen molar-refractivity contribution in [2.75, 3.05) is 13.1 Å². The molecule has 0 aliphatic carbocycles. The van der Waals surface area contributed by atoms with Gasteiger partial charge < -0.3 is 14.8 Å². The van der Waals surface area contributed by atoms with E-state index in [9.17, 15) is 4.79 Å². The van der Waals surface area contributed by atoms with Crippen LogP contribution in [0.1, 0.15) is 17.4 Å². The van der Waals surface area contributed by atoms with Gasteiger partial charge in [-0.3, -0.25) is 4.79 Å². The Morgan fingerprint density at radius 3 is 2.93 bits per heavy atom. The summed E-state index contributed by atoms with van der Waals surface area (Å²) >= 11 is 0. The van der Waals surface area contributed by atoms with Crippen molar-refractivity contribution >= 4 is 5.97 Å². The lowest BCUT2D eigenvalue weighted by atomic mass is 9.94. The molecule has 1 saturated heterocycles. The summed E-state index contributed by atoms with van der Waals surface area (Å²) in [4.78, 5) is 10.9. The van der Waals surface area contributed by atoms with Crippen molar-refractivity contribution in [1.29, 1.82) is 0 Å². The van der Waals surface area contributed by atoms with Gasteiger partial charge in [-0.1, -0.05) is 0 Å². The van der Waals surface area contributed by atoms with Gasteiger partial charge in [-0.15, -0.1) is 0 Å². The van der Waals surface area contributed by atoms with Crippen molar-refractivity contribution in [2.45, 2.75) is 12.8 Å². The zero-order valence-electron chi connectivity index (χ0n) is 7.99. The molecule has 2 atom stereocenters. The Hall–Kier alpha value is -1.29. The van der Waals surface area contributed by atoms with Crippen LogP contribution in [0.2, 0.25) is 0 Å². The fourth-order valence-electron chi connectivity index (χ4n) is 1.89. The summed E-state index contributed by atoms with van der Waals surface area (Å²) < 4.78 is 5.44. The van der Waals surface area contributed by atoms with Crippen LogP contribution in [0.3, 0.4) is 0 Å². The van der Waals surface area contributed by atoms with Gasteiger partial charge in [0, 0.05) is 19.0 Å². The topological polar surface area (TPSA) is 62.5 Å². The van der Waals surface area contributed by atoms with Gasteiger partial charge in [0.2, 0.25) is 0 Å². The predicted molar refractivity (Wildman–Crippen MR) is 50.2 cm³/mol. The minimum Gasteiger partial charge on any atom is -0.481 e. The Morgan fingerprint density at radius 1 is 1.57 bits per heavy atom. The van der Waals surface area contributed by atoms with Crippen LogP contribution < -0.4 is 5.32 Å². The fourth-order valence-corrected chi connectivity index (χ4v) is 1.89. The van der Waals surface area contributed by atoms with Gasteiger partial charge in [0.25, 0.3) is 0 Å². The molecule has 4 nitrogen and oxygen atoms in total. The molecule has 0 bridgehead atoms. The first-order valence-corrected chi connectivity index (χ1v) is 4.68. The van der Waals surface area contributed by atoms with Gasteiger partial charge >= 0.3 is 5.97 Å². The van der Waals surface area contributed by atoms with Gasteiger partial charge in [-0.25, -0.2) is 0 Å². The highest BCUT2D eigenvalue weighted by Gasteiger charge is 2.35. The Kier molecular flexibility index (Phi) is 2.29.